The van der Waals surface area contributed by atoms with Crippen LogP contribution in [0.3, 0.4) is 0 Å². The van der Waals surface area contributed by atoms with E-state index in [1.807, 2.05) is 18.2 Å². The van der Waals surface area contributed by atoms with Crippen molar-refractivity contribution in [2.75, 3.05) is 14.1 Å². The molecule has 0 atom stereocenters. The standard InChI is InChI=1S/C19H19FN4O/c1-23(2)19(25)18-13-17(16-5-3-4-11-21-16)22-24(18)12-10-14-6-8-15(20)9-7-14/h3-9,11,13H,10,12H2,1-2H3. The van der Waals surface area contributed by atoms with Crippen molar-refractivity contribution in [3.63, 3.8) is 0 Å². The second kappa shape index (κ2) is 7.25. The molecule has 2 aromatic heterocycles. The molecule has 2 heterocycles. The Bertz CT molecular complexity index is 857. The summed E-state index contributed by atoms with van der Waals surface area (Å²) in [6.07, 6.45) is 2.34. The van der Waals surface area contributed by atoms with Gasteiger partial charge in [-0.3, -0.25) is 14.5 Å². The zero-order valence-corrected chi connectivity index (χ0v) is 14.2. The van der Waals surface area contributed by atoms with Crippen molar-refractivity contribution in [2.45, 2.75) is 13.0 Å². The monoisotopic (exact) mass is 338 g/mol. The lowest BCUT2D eigenvalue weighted by molar-refractivity contribution is 0.0815. The van der Waals surface area contributed by atoms with E-state index < -0.39 is 0 Å². The molecule has 0 saturated heterocycles. The molecule has 0 bridgehead atoms. The molecule has 1 aromatic carbocycles. The molecule has 3 rings (SSSR count). The molecule has 0 aliphatic carbocycles. The fourth-order valence-electron chi connectivity index (χ4n) is 2.51. The third-order valence-electron chi connectivity index (χ3n) is 3.86. The molecule has 128 valence electrons. The van der Waals surface area contributed by atoms with E-state index in [-0.39, 0.29) is 11.7 Å². The van der Waals surface area contributed by atoms with E-state index in [1.165, 1.54) is 17.0 Å². The number of nitrogens with zero attached hydrogens (tertiary/aromatic N) is 4. The second-order valence-electron chi connectivity index (χ2n) is 5.93. The van der Waals surface area contributed by atoms with E-state index in [4.69, 9.17) is 0 Å². The number of hydrogen-bond donors (Lipinski definition) is 0. The minimum Gasteiger partial charge on any atom is -0.343 e. The lowest BCUT2D eigenvalue weighted by Gasteiger charge is -2.12. The first-order valence-corrected chi connectivity index (χ1v) is 8.00. The van der Waals surface area contributed by atoms with Crippen LogP contribution in [0, 0.1) is 5.82 Å². The Morgan fingerprint density at radius 3 is 2.52 bits per heavy atom. The van der Waals surface area contributed by atoms with Crippen molar-refractivity contribution in [3.05, 3.63) is 71.8 Å². The molecule has 5 nitrogen and oxygen atoms in total. The molecular weight excluding hydrogens is 319 g/mol. The summed E-state index contributed by atoms with van der Waals surface area (Å²) in [5.74, 6) is -0.377. The number of aromatic nitrogens is 3. The molecule has 0 fully saturated rings. The van der Waals surface area contributed by atoms with Gasteiger partial charge in [-0.1, -0.05) is 18.2 Å². The minimum atomic E-state index is -0.260. The van der Waals surface area contributed by atoms with Gasteiger partial charge in [-0.2, -0.15) is 5.10 Å². The van der Waals surface area contributed by atoms with Crippen LogP contribution < -0.4 is 0 Å². The minimum absolute atomic E-state index is 0.117. The van der Waals surface area contributed by atoms with Crippen LogP contribution in [-0.4, -0.2) is 39.7 Å². The Hall–Kier alpha value is -3.02. The molecule has 6 heteroatoms. The molecule has 0 aliphatic heterocycles. The van der Waals surface area contributed by atoms with Gasteiger partial charge in [0.25, 0.3) is 5.91 Å². The highest BCUT2D eigenvalue weighted by molar-refractivity contribution is 5.93. The van der Waals surface area contributed by atoms with Gasteiger partial charge in [-0.05, 0) is 42.3 Å². The largest absolute Gasteiger partial charge is 0.343 e. The van der Waals surface area contributed by atoms with Crippen LogP contribution in [0.4, 0.5) is 4.39 Å². The van der Waals surface area contributed by atoms with Crippen molar-refractivity contribution in [2.24, 2.45) is 0 Å². The van der Waals surface area contributed by atoms with Crippen LogP contribution >= 0.6 is 0 Å². The number of carbonyl (C=O) groups excluding carboxylic acids is 1. The van der Waals surface area contributed by atoms with Gasteiger partial charge in [0, 0.05) is 26.8 Å². The van der Waals surface area contributed by atoms with E-state index >= 15 is 0 Å². The molecule has 0 saturated carbocycles. The lowest BCUT2D eigenvalue weighted by atomic mass is 10.1. The van der Waals surface area contributed by atoms with Gasteiger partial charge in [-0.25, -0.2) is 4.39 Å². The van der Waals surface area contributed by atoms with Crippen LogP contribution in [0.5, 0.6) is 0 Å². The van der Waals surface area contributed by atoms with E-state index in [0.29, 0.717) is 24.4 Å². The van der Waals surface area contributed by atoms with Crippen LogP contribution in [0.25, 0.3) is 11.4 Å². The fraction of sp³-hybridized carbons (Fsp3) is 0.211. The maximum absolute atomic E-state index is 13.0. The van der Waals surface area contributed by atoms with Gasteiger partial charge in [0.15, 0.2) is 0 Å². The van der Waals surface area contributed by atoms with Crippen LogP contribution in [-0.2, 0) is 13.0 Å². The quantitative estimate of drug-likeness (QED) is 0.718. The summed E-state index contributed by atoms with van der Waals surface area (Å²) >= 11 is 0. The van der Waals surface area contributed by atoms with Gasteiger partial charge in [-0.15, -0.1) is 0 Å². The van der Waals surface area contributed by atoms with Crippen LogP contribution in [0.1, 0.15) is 16.1 Å². The highest BCUT2D eigenvalue weighted by Crippen LogP contribution is 2.18. The van der Waals surface area contributed by atoms with Gasteiger partial charge >= 0.3 is 0 Å². The molecule has 0 aliphatic rings. The molecular formula is C19H19FN4O. The van der Waals surface area contributed by atoms with E-state index in [2.05, 4.69) is 10.1 Å². The van der Waals surface area contributed by atoms with Crippen molar-refractivity contribution in [3.8, 4) is 11.4 Å². The first-order valence-electron chi connectivity index (χ1n) is 8.00. The molecule has 3 aromatic rings. The molecule has 0 spiro atoms. The predicted octanol–water partition coefficient (Wildman–Crippen LogP) is 3.03. The molecule has 0 N–H and O–H groups in total. The number of pyridine rings is 1. The summed E-state index contributed by atoms with van der Waals surface area (Å²) in [6.45, 7) is 0.521. The van der Waals surface area contributed by atoms with Crippen molar-refractivity contribution in [1.82, 2.24) is 19.7 Å². The summed E-state index contributed by atoms with van der Waals surface area (Å²) < 4.78 is 14.7. The van der Waals surface area contributed by atoms with Crippen LogP contribution in [0.15, 0.2) is 54.7 Å². The predicted molar refractivity (Wildman–Crippen MR) is 93.6 cm³/mol. The normalized spacial score (nSPS) is 10.7. The average Bonchev–Trinajstić information content (AvgIpc) is 3.05. The average molecular weight is 338 g/mol. The lowest BCUT2D eigenvalue weighted by Crippen LogP contribution is -2.25. The van der Waals surface area contributed by atoms with Gasteiger partial charge in [0.2, 0.25) is 0 Å². The SMILES string of the molecule is CN(C)C(=O)c1cc(-c2ccccn2)nn1CCc1ccc(F)cc1. The summed E-state index contributed by atoms with van der Waals surface area (Å²) in [7, 11) is 3.42. The fourth-order valence-corrected chi connectivity index (χ4v) is 2.51. The first kappa shape index (κ1) is 16.8. The van der Waals surface area contributed by atoms with Crippen molar-refractivity contribution < 1.29 is 9.18 Å². The van der Waals surface area contributed by atoms with Crippen LogP contribution in [0.2, 0.25) is 0 Å². The second-order valence-corrected chi connectivity index (χ2v) is 5.93. The number of rotatable bonds is 5. The Kier molecular flexibility index (Phi) is 4.88. The van der Waals surface area contributed by atoms with Crippen molar-refractivity contribution >= 4 is 5.91 Å². The zero-order valence-electron chi connectivity index (χ0n) is 14.2. The topological polar surface area (TPSA) is 51.0 Å². The Morgan fingerprint density at radius 2 is 1.88 bits per heavy atom. The Morgan fingerprint density at radius 1 is 1.12 bits per heavy atom. The number of carbonyl (C=O) groups is 1. The van der Waals surface area contributed by atoms with E-state index in [1.54, 1.807) is 43.2 Å². The van der Waals surface area contributed by atoms with Gasteiger partial charge < -0.3 is 4.90 Å². The van der Waals surface area contributed by atoms with Gasteiger partial charge in [0.05, 0.1) is 5.69 Å². The summed E-state index contributed by atoms with van der Waals surface area (Å²) in [6, 6.07) is 13.7. The van der Waals surface area contributed by atoms with E-state index in [0.717, 1.165) is 11.3 Å². The number of benzene rings is 1. The van der Waals surface area contributed by atoms with E-state index in [9.17, 15) is 9.18 Å². The molecule has 1 amide bonds. The third kappa shape index (κ3) is 3.91. The Balaban J connectivity index is 1.89. The number of amides is 1. The zero-order chi connectivity index (χ0) is 17.8. The number of aryl methyl sites for hydroxylation is 2. The summed E-state index contributed by atoms with van der Waals surface area (Å²) in [4.78, 5) is 18.3. The highest BCUT2D eigenvalue weighted by atomic mass is 19.1. The van der Waals surface area contributed by atoms with Gasteiger partial charge in [0.1, 0.15) is 17.2 Å². The molecule has 0 unspecified atom stereocenters. The summed E-state index contributed by atoms with van der Waals surface area (Å²) in [5.41, 5.74) is 2.87. The summed E-state index contributed by atoms with van der Waals surface area (Å²) in [5, 5.41) is 4.55. The highest BCUT2D eigenvalue weighted by Gasteiger charge is 2.18. The Labute approximate surface area is 145 Å². The van der Waals surface area contributed by atoms with Crippen molar-refractivity contribution in [1.29, 1.82) is 0 Å². The maximum atomic E-state index is 13.0. The number of hydrogen-bond acceptors (Lipinski definition) is 3. The number of halogens is 1. The first-order chi connectivity index (χ1) is 12.0. The molecule has 0 radical (unpaired) electrons. The third-order valence-corrected chi connectivity index (χ3v) is 3.86. The molecule has 25 heavy (non-hydrogen) atoms. The smallest absolute Gasteiger partial charge is 0.271 e. The maximum Gasteiger partial charge on any atom is 0.271 e.